The second kappa shape index (κ2) is 7.78. The monoisotopic (exact) mass is 302 g/mol. The Bertz CT molecular complexity index is 551. The zero-order valence-corrected chi connectivity index (χ0v) is 12.9. The molecule has 0 aromatic heterocycles. The molecule has 4 heteroatoms. The maximum Gasteiger partial charge on any atom is 0.373 e. The summed E-state index contributed by atoms with van der Waals surface area (Å²) in [5, 5.41) is 9.50. The van der Waals surface area contributed by atoms with Crippen LogP contribution in [-0.2, 0) is 9.53 Å². The predicted molar refractivity (Wildman–Crippen MR) is 83.9 cm³/mol. The molecule has 4 nitrogen and oxygen atoms in total. The number of hydrogen-bond acceptors (Lipinski definition) is 4. The molecule has 118 valence electrons. The van der Waals surface area contributed by atoms with Gasteiger partial charge >= 0.3 is 5.97 Å². The van der Waals surface area contributed by atoms with Crippen LogP contribution in [0.1, 0.15) is 60.9 Å². The van der Waals surface area contributed by atoms with Gasteiger partial charge in [0, 0.05) is 11.6 Å². The zero-order valence-electron chi connectivity index (χ0n) is 12.9. The molecule has 22 heavy (non-hydrogen) atoms. The summed E-state index contributed by atoms with van der Waals surface area (Å²) in [5.74, 6) is -1.36. The van der Waals surface area contributed by atoms with Crippen LogP contribution in [0.5, 0.6) is 0 Å². The lowest BCUT2D eigenvalue weighted by atomic mass is 9.84. The highest BCUT2D eigenvalue weighted by molar-refractivity contribution is 6.07. The summed E-state index contributed by atoms with van der Waals surface area (Å²) in [5.41, 5.74) is 1.71. The lowest BCUT2D eigenvalue weighted by Crippen LogP contribution is -2.09. The van der Waals surface area contributed by atoms with Gasteiger partial charge in [-0.1, -0.05) is 43.5 Å². The molecule has 1 saturated carbocycles. The fraction of sp³-hybridized carbons (Fsp3) is 0.444. The Morgan fingerprint density at radius 3 is 2.41 bits per heavy atom. The number of carbonyl (C=O) groups excluding carboxylic acids is 2. The standard InChI is InChI=1S/C18H22O4/c1-2-22-18(21)17(20)12-16(19)15-10-8-14(9-11-15)13-6-4-3-5-7-13/h8-13,20H,2-7H2,1H3. The summed E-state index contributed by atoms with van der Waals surface area (Å²) in [4.78, 5) is 23.3. The van der Waals surface area contributed by atoms with Gasteiger partial charge in [-0.3, -0.25) is 4.79 Å². The third-order valence-corrected chi connectivity index (χ3v) is 4.02. The number of hydrogen-bond donors (Lipinski definition) is 1. The molecule has 0 spiro atoms. The fourth-order valence-electron chi connectivity index (χ4n) is 2.83. The fourth-order valence-corrected chi connectivity index (χ4v) is 2.83. The highest BCUT2D eigenvalue weighted by atomic mass is 16.5. The molecule has 0 unspecified atom stereocenters. The van der Waals surface area contributed by atoms with E-state index in [1.807, 2.05) is 12.1 Å². The van der Waals surface area contributed by atoms with Gasteiger partial charge in [0.05, 0.1) is 6.61 Å². The largest absolute Gasteiger partial charge is 0.502 e. The van der Waals surface area contributed by atoms with Crippen molar-refractivity contribution in [3.05, 3.63) is 47.2 Å². The Balaban J connectivity index is 2.04. The van der Waals surface area contributed by atoms with E-state index in [2.05, 4.69) is 4.74 Å². The molecular formula is C18H22O4. The van der Waals surface area contributed by atoms with Crippen LogP contribution < -0.4 is 0 Å². The van der Waals surface area contributed by atoms with E-state index in [1.165, 1.54) is 37.7 Å². The van der Waals surface area contributed by atoms with Crippen molar-refractivity contribution in [1.29, 1.82) is 0 Å². The van der Waals surface area contributed by atoms with Gasteiger partial charge in [0.2, 0.25) is 5.76 Å². The molecule has 1 fully saturated rings. The van der Waals surface area contributed by atoms with Crippen LogP contribution in [0.25, 0.3) is 0 Å². The van der Waals surface area contributed by atoms with Gasteiger partial charge in [-0.15, -0.1) is 0 Å². The lowest BCUT2D eigenvalue weighted by Gasteiger charge is -2.21. The van der Waals surface area contributed by atoms with Crippen molar-refractivity contribution in [2.24, 2.45) is 0 Å². The highest BCUT2D eigenvalue weighted by Gasteiger charge is 2.16. The van der Waals surface area contributed by atoms with Gasteiger partial charge in [-0.25, -0.2) is 4.79 Å². The minimum atomic E-state index is -0.880. The predicted octanol–water partition coefficient (Wildman–Crippen LogP) is 3.92. The number of aliphatic hydroxyl groups excluding tert-OH is 1. The van der Waals surface area contributed by atoms with Crippen molar-refractivity contribution >= 4 is 11.8 Å². The number of ether oxygens (including phenoxy) is 1. The van der Waals surface area contributed by atoms with Gasteiger partial charge < -0.3 is 9.84 Å². The normalized spacial score (nSPS) is 16.3. The molecule has 1 aliphatic carbocycles. The molecule has 0 heterocycles. The summed E-state index contributed by atoms with van der Waals surface area (Å²) in [7, 11) is 0. The van der Waals surface area contributed by atoms with E-state index in [4.69, 9.17) is 0 Å². The van der Waals surface area contributed by atoms with Crippen LogP contribution in [0.2, 0.25) is 0 Å². The Hall–Kier alpha value is -2.10. The lowest BCUT2D eigenvalue weighted by molar-refractivity contribution is -0.141. The van der Waals surface area contributed by atoms with E-state index in [1.54, 1.807) is 19.1 Å². The molecule has 1 aromatic rings. The number of benzene rings is 1. The Kier molecular flexibility index (Phi) is 5.75. The van der Waals surface area contributed by atoms with E-state index < -0.39 is 17.5 Å². The quantitative estimate of drug-likeness (QED) is 0.387. The molecule has 1 N–H and O–H groups in total. The van der Waals surface area contributed by atoms with Crippen molar-refractivity contribution in [3.63, 3.8) is 0 Å². The SMILES string of the molecule is CCOC(=O)C(O)=CC(=O)c1ccc(C2CCCCC2)cc1. The maximum atomic E-state index is 12.0. The van der Waals surface area contributed by atoms with Crippen LogP contribution >= 0.6 is 0 Å². The molecule has 0 amide bonds. The number of carbonyl (C=O) groups is 2. The van der Waals surface area contributed by atoms with Gasteiger partial charge in [0.1, 0.15) is 0 Å². The third-order valence-electron chi connectivity index (χ3n) is 4.02. The maximum absolute atomic E-state index is 12.0. The molecule has 0 saturated heterocycles. The minimum Gasteiger partial charge on any atom is -0.502 e. The van der Waals surface area contributed by atoms with E-state index in [9.17, 15) is 14.7 Å². The van der Waals surface area contributed by atoms with Gasteiger partial charge in [-0.2, -0.15) is 0 Å². The molecule has 1 aliphatic rings. The van der Waals surface area contributed by atoms with Crippen LogP contribution in [-0.4, -0.2) is 23.5 Å². The summed E-state index contributed by atoms with van der Waals surface area (Å²) in [6.07, 6.45) is 7.16. The molecule has 0 aliphatic heterocycles. The summed E-state index contributed by atoms with van der Waals surface area (Å²) in [6.45, 7) is 1.79. The van der Waals surface area contributed by atoms with E-state index in [-0.39, 0.29) is 6.61 Å². The minimum absolute atomic E-state index is 0.154. The number of esters is 1. The van der Waals surface area contributed by atoms with Crippen LogP contribution in [0, 0.1) is 0 Å². The van der Waals surface area contributed by atoms with E-state index >= 15 is 0 Å². The Morgan fingerprint density at radius 2 is 1.82 bits per heavy atom. The topological polar surface area (TPSA) is 63.6 Å². The van der Waals surface area contributed by atoms with Gasteiger partial charge in [-0.05, 0) is 31.2 Å². The number of aliphatic hydroxyl groups is 1. The van der Waals surface area contributed by atoms with Crippen molar-refractivity contribution in [2.45, 2.75) is 44.9 Å². The van der Waals surface area contributed by atoms with Crippen molar-refractivity contribution < 1.29 is 19.4 Å². The first-order valence-electron chi connectivity index (χ1n) is 7.84. The molecule has 2 rings (SSSR count). The van der Waals surface area contributed by atoms with E-state index in [0.29, 0.717) is 11.5 Å². The molecule has 0 bridgehead atoms. The Morgan fingerprint density at radius 1 is 1.18 bits per heavy atom. The summed E-state index contributed by atoms with van der Waals surface area (Å²) in [6, 6.07) is 7.44. The zero-order chi connectivity index (χ0) is 15.9. The summed E-state index contributed by atoms with van der Waals surface area (Å²) < 4.78 is 4.63. The van der Waals surface area contributed by atoms with Crippen LogP contribution in [0.15, 0.2) is 36.1 Å². The first-order chi connectivity index (χ1) is 10.6. The first-order valence-corrected chi connectivity index (χ1v) is 7.84. The molecular weight excluding hydrogens is 280 g/mol. The van der Waals surface area contributed by atoms with Gasteiger partial charge in [0.25, 0.3) is 0 Å². The van der Waals surface area contributed by atoms with Gasteiger partial charge in [0.15, 0.2) is 5.78 Å². The van der Waals surface area contributed by atoms with Crippen LogP contribution in [0.3, 0.4) is 0 Å². The van der Waals surface area contributed by atoms with E-state index in [0.717, 1.165) is 6.08 Å². The second-order valence-corrected chi connectivity index (χ2v) is 5.57. The summed E-state index contributed by atoms with van der Waals surface area (Å²) >= 11 is 0. The smallest absolute Gasteiger partial charge is 0.373 e. The van der Waals surface area contributed by atoms with Crippen molar-refractivity contribution in [3.8, 4) is 0 Å². The second-order valence-electron chi connectivity index (χ2n) is 5.57. The molecule has 0 atom stereocenters. The van der Waals surface area contributed by atoms with Crippen LogP contribution in [0.4, 0.5) is 0 Å². The highest BCUT2D eigenvalue weighted by Crippen LogP contribution is 2.32. The van der Waals surface area contributed by atoms with Crippen molar-refractivity contribution in [1.82, 2.24) is 0 Å². The average Bonchev–Trinajstić information content (AvgIpc) is 2.56. The number of ketones is 1. The van der Waals surface area contributed by atoms with Crippen molar-refractivity contribution in [2.75, 3.05) is 6.61 Å². The first kappa shape index (κ1) is 16.3. The Labute approximate surface area is 130 Å². The average molecular weight is 302 g/mol. The number of rotatable bonds is 5. The molecule has 1 aromatic carbocycles. The third kappa shape index (κ3) is 4.20. The number of allylic oxidation sites excluding steroid dienone is 1. The molecule has 0 radical (unpaired) electrons.